The van der Waals surface area contributed by atoms with Gasteiger partial charge < -0.3 is 5.32 Å². The van der Waals surface area contributed by atoms with Crippen molar-refractivity contribution in [2.24, 2.45) is 0 Å². The molecule has 0 spiro atoms. The molecule has 0 unspecified atom stereocenters. The Bertz CT molecular complexity index is 339. The summed E-state index contributed by atoms with van der Waals surface area (Å²) < 4.78 is 0. The van der Waals surface area contributed by atoms with Gasteiger partial charge in [-0.25, -0.2) is 0 Å². The van der Waals surface area contributed by atoms with E-state index in [1.165, 1.54) is 0 Å². The molecule has 0 saturated carbocycles. The van der Waals surface area contributed by atoms with Crippen LogP contribution in [0.5, 0.6) is 0 Å². The van der Waals surface area contributed by atoms with E-state index in [1.807, 2.05) is 6.07 Å². The predicted octanol–water partition coefficient (Wildman–Crippen LogP) is 1.74. The summed E-state index contributed by atoms with van der Waals surface area (Å²) in [5.74, 6) is -0.0939. The van der Waals surface area contributed by atoms with Crippen LogP contribution < -0.4 is 5.32 Å². The molecule has 1 heterocycles. The number of carbonyl (C=O) groups is 1. The van der Waals surface area contributed by atoms with E-state index in [2.05, 4.69) is 31.1 Å². The third-order valence-electron chi connectivity index (χ3n) is 2.09. The Balaban J connectivity index is 3.08. The quantitative estimate of drug-likeness (QED) is 0.736. The Morgan fingerprint density at radius 3 is 2.50 bits per heavy atom. The lowest BCUT2D eigenvalue weighted by Gasteiger charge is -2.18. The van der Waals surface area contributed by atoms with E-state index in [9.17, 15) is 4.79 Å². The second kappa shape index (κ2) is 3.78. The van der Waals surface area contributed by atoms with E-state index < -0.39 is 0 Å². The van der Waals surface area contributed by atoms with Gasteiger partial charge in [0.15, 0.2) is 0 Å². The van der Waals surface area contributed by atoms with Crippen molar-refractivity contribution in [2.45, 2.75) is 26.2 Å². The number of carbonyl (C=O) groups excluding carboxylic acids is 1. The first-order valence-electron chi connectivity index (χ1n) is 4.63. The molecule has 0 aliphatic carbocycles. The van der Waals surface area contributed by atoms with Crippen LogP contribution in [0.2, 0.25) is 0 Å². The average Bonchev–Trinajstić information content (AvgIpc) is 2.15. The Morgan fingerprint density at radius 2 is 2.00 bits per heavy atom. The minimum absolute atomic E-state index is 0.0248. The first-order chi connectivity index (χ1) is 6.45. The summed E-state index contributed by atoms with van der Waals surface area (Å²) >= 11 is 0. The van der Waals surface area contributed by atoms with Crippen molar-refractivity contribution in [3.8, 4) is 0 Å². The van der Waals surface area contributed by atoms with Crippen LogP contribution in [0.4, 0.5) is 0 Å². The Morgan fingerprint density at radius 1 is 1.36 bits per heavy atom. The van der Waals surface area contributed by atoms with Crippen LogP contribution >= 0.6 is 0 Å². The van der Waals surface area contributed by atoms with Gasteiger partial charge in [-0.15, -0.1) is 0 Å². The molecule has 1 N–H and O–H groups in total. The van der Waals surface area contributed by atoms with Crippen LogP contribution in [-0.2, 0) is 5.41 Å². The van der Waals surface area contributed by atoms with Gasteiger partial charge in [-0.2, -0.15) is 0 Å². The number of nitrogens with zero attached hydrogens (tertiary/aromatic N) is 1. The van der Waals surface area contributed by atoms with Crippen molar-refractivity contribution in [3.63, 3.8) is 0 Å². The van der Waals surface area contributed by atoms with Crippen molar-refractivity contribution >= 4 is 5.91 Å². The molecular formula is C11H16N2O. The van der Waals surface area contributed by atoms with E-state index in [0.717, 1.165) is 5.56 Å². The number of hydrogen-bond acceptors (Lipinski definition) is 2. The number of rotatable bonds is 1. The molecule has 3 nitrogen and oxygen atoms in total. The van der Waals surface area contributed by atoms with Crippen LogP contribution in [0, 0.1) is 0 Å². The second-order valence-corrected chi connectivity index (χ2v) is 4.29. The molecule has 1 amide bonds. The summed E-state index contributed by atoms with van der Waals surface area (Å²) in [6.45, 7) is 6.28. The van der Waals surface area contributed by atoms with Crippen LogP contribution in [0.25, 0.3) is 0 Å². The third-order valence-corrected chi connectivity index (χ3v) is 2.09. The van der Waals surface area contributed by atoms with Crippen LogP contribution in [0.3, 0.4) is 0 Å². The molecule has 0 radical (unpaired) electrons. The first-order valence-corrected chi connectivity index (χ1v) is 4.63. The molecule has 76 valence electrons. The van der Waals surface area contributed by atoms with Gasteiger partial charge in [0.25, 0.3) is 5.91 Å². The van der Waals surface area contributed by atoms with Crippen molar-refractivity contribution < 1.29 is 4.79 Å². The van der Waals surface area contributed by atoms with Gasteiger partial charge in [0.05, 0.1) is 5.56 Å². The lowest BCUT2D eigenvalue weighted by atomic mass is 9.87. The van der Waals surface area contributed by atoms with Crippen LogP contribution in [-0.4, -0.2) is 17.9 Å². The summed E-state index contributed by atoms with van der Waals surface area (Å²) in [6, 6.07) is 1.88. The molecule has 14 heavy (non-hydrogen) atoms. The molecule has 0 atom stereocenters. The van der Waals surface area contributed by atoms with Crippen LogP contribution in [0.1, 0.15) is 36.7 Å². The van der Waals surface area contributed by atoms with Crippen molar-refractivity contribution in [2.75, 3.05) is 7.05 Å². The minimum atomic E-state index is -0.0939. The fraction of sp³-hybridized carbons (Fsp3) is 0.455. The molecule has 0 fully saturated rings. The highest BCUT2D eigenvalue weighted by molar-refractivity contribution is 5.93. The van der Waals surface area contributed by atoms with Gasteiger partial charge >= 0.3 is 0 Å². The van der Waals surface area contributed by atoms with E-state index >= 15 is 0 Å². The molecule has 1 aromatic heterocycles. The van der Waals surface area contributed by atoms with Gasteiger partial charge in [0, 0.05) is 19.4 Å². The molecule has 0 aromatic carbocycles. The normalized spacial score (nSPS) is 11.1. The first kappa shape index (κ1) is 10.7. The number of nitrogens with one attached hydrogen (secondary N) is 1. The highest BCUT2D eigenvalue weighted by Crippen LogP contribution is 2.21. The smallest absolute Gasteiger partial charge is 0.252 e. The van der Waals surface area contributed by atoms with Crippen molar-refractivity contribution in [1.82, 2.24) is 10.3 Å². The summed E-state index contributed by atoms with van der Waals surface area (Å²) in [5, 5.41) is 2.58. The van der Waals surface area contributed by atoms with Crippen molar-refractivity contribution in [3.05, 3.63) is 29.6 Å². The molecule has 1 rings (SSSR count). The summed E-state index contributed by atoms with van der Waals surface area (Å²) in [5.41, 5.74) is 1.70. The SMILES string of the molecule is CNC(=O)c1cncc(C(C)(C)C)c1. The van der Waals surface area contributed by atoms with E-state index in [4.69, 9.17) is 0 Å². The largest absolute Gasteiger partial charge is 0.355 e. The topological polar surface area (TPSA) is 42.0 Å². The molecular weight excluding hydrogens is 176 g/mol. The second-order valence-electron chi connectivity index (χ2n) is 4.29. The maximum atomic E-state index is 11.3. The number of pyridine rings is 1. The summed E-state index contributed by atoms with van der Waals surface area (Å²) in [6.07, 6.45) is 3.38. The maximum Gasteiger partial charge on any atom is 0.252 e. The lowest BCUT2D eigenvalue weighted by Crippen LogP contribution is -2.20. The average molecular weight is 192 g/mol. The zero-order chi connectivity index (χ0) is 10.8. The molecule has 1 aromatic rings. The highest BCUT2D eigenvalue weighted by atomic mass is 16.1. The van der Waals surface area contributed by atoms with Gasteiger partial charge in [0.2, 0.25) is 0 Å². The Labute approximate surface area is 84.6 Å². The predicted molar refractivity (Wildman–Crippen MR) is 56.3 cm³/mol. The molecule has 0 aliphatic rings. The zero-order valence-corrected chi connectivity index (χ0v) is 9.09. The standard InChI is InChI=1S/C11H16N2O/c1-11(2,3)9-5-8(6-13-7-9)10(14)12-4/h5-7H,1-4H3,(H,12,14). The number of amides is 1. The number of hydrogen-bond donors (Lipinski definition) is 1. The van der Waals surface area contributed by atoms with Crippen LogP contribution in [0.15, 0.2) is 18.5 Å². The molecule has 0 aliphatic heterocycles. The maximum absolute atomic E-state index is 11.3. The van der Waals surface area contributed by atoms with Gasteiger partial charge in [-0.1, -0.05) is 20.8 Å². The Kier molecular flexibility index (Phi) is 2.89. The zero-order valence-electron chi connectivity index (χ0n) is 9.09. The third kappa shape index (κ3) is 2.31. The molecule has 0 bridgehead atoms. The molecule has 0 saturated heterocycles. The number of aromatic nitrogens is 1. The van der Waals surface area contributed by atoms with E-state index in [1.54, 1.807) is 19.4 Å². The summed E-state index contributed by atoms with van der Waals surface area (Å²) in [4.78, 5) is 15.4. The van der Waals surface area contributed by atoms with Gasteiger partial charge in [0.1, 0.15) is 0 Å². The fourth-order valence-electron chi connectivity index (χ4n) is 1.12. The van der Waals surface area contributed by atoms with Gasteiger partial charge in [-0.3, -0.25) is 9.78 Å². The monoisotopic (exact) mass is 192 g/mol. The fourth-order valence-corrected chi connectivity index (χ4v) is 1.12. The van der Waals surface area contributed by atoms with E-state index in [0.29, 0.717) is 5.56 Å². The lowest BCUT2D eigenvalue weighted by molar-refractivity contribution is 0.0962. The van der Waals surface area contributed by atoms with Crippen molar-refractivity contribution in [1.29, 1.82) is 0 Å². The summed E-state index contributed by atoms with van der Waals surface area (Å²) in [7, 11) is 1.62. The van der Waals surface area contributed by atoms with Gasteiger partial charge in [-0.05, 0) is 17.0 Å². The molecule has 3 heteroatoms. The van der Waals surface area contributed by atoms with E-state index in [-0.39, 0.29) is 11.3 Å². The Hall–Kier alpha value is -1.38. The minimum Gasteiger partial charge on any atom is -0.355 e. The highest BCUT2D eigenvalue weighted by Gasteiger charge is 2.15.